The molecule has 0 unspecified atom stereocenters. The monoisotopic (exact) mass is 680 g/mol. The molecule has 0 atom stereocenters. The Hall–Kier alpha value is -6.71. The average molecular weight is 681 g/mol. The normalized spacial score (nSPS) is 12.9. The van der Waals surface area contributed by atoms with Crippen LogP contribution in [0, 0.1) is 0 Å². The van der Waals surface area contributed by atoms with Crippen LogP contribution in [0.25, 0.3) is 66.7 Å². The highest BCUT2D eigenvalue weighted by molar-refractivity contribution is 6.11. The standard InChI is InChI=1S/C50H36N2O/c1-50(2)44-22-12-11-20-42(44)47-39(21-13-23-45(47)50)33-24-28-37(29-25-33)52(36-16-7-4-8-17-36)38-30-26-34(27-31-38)43-32-46-48(41-19-10-9-18-40(41)43)53-49(51-46)35-14-5-3-6-15-35/h3-32H,1-2H3. The number of hydrogen-bond donors (Lipinski definition) is 0. The molecule has 252 valence electrons. The third-order valence-electron chi connectivity index (χ3n) is 10.9. The number of aromatic nitrogens is 1. The topological polar surface area (TPSA) is 29.3 Å². The Balaban J connectivity index is 1.04. The molecule has 0 fully saturated rings. The van der Waals surface area contributed by atoms with Crippen molar-refractivity contribution in [3.8, 4) is 44.8 Å². The summed E-state index contributed by atoms with van der Waals surface area (Å²) in [6.45, 7) is 4.68. The lowest BCUT2D eigenvalue weighted by Crippen LogP contribution is -2.14. The fraction of sp³-hybridized carbons (Fsp3) is 0.0600. The molecule has 0 aliphatic heterocycles. The summed E-state index contributed by atoms with van der Waals surface area (Å²) in [5.74, 6) is 0.632. The minimum absolute atomic E-state index is 0.0314. The first kappa shape index (κ1) is 31.1. The van der Waals surface area contributed by atoms with Crippen molar-refractivity contribution in [2.45, 2.75) is 19.3 Å². The Morgan fingerprint density at radius 1 is 0.453 bits per heavy atom. The predicted molar refractivity (Wildman–Crippen MR) is 220 cm³/mol. The largest absolute Gasteiger partial charge is 0.435 e. The third-order valence-corrected chi connectivity index (χ3v) is 10.9. The molecule has 0 N–H and O–H groups in total. The molecule has 3 heteroatoms. The Bertz CT molecular complexity index is 2780. The van der Waals surface area contributed by atoms with Crippen LogP contribution in [0.4, 0.5) is 17.1 Å². The van der Waals surface area contributed by atoms with Crippen molar-refractivity contribution in [3.63, 3.8) is 0 Å². The van der Waals surface area contributed by atoms with Crippen LogP contribution in [0.2, 0.25) is 0 Å². The van der Waals surface area contributed by atoms with Gasteiger partial charge in [-0.15, -0.1) is 0 Å². The molecule has 1 aliphatic carbocycles. The average Bonchev–Trinajstić information content (AvgIpc) is 3.76. The summed E-state index contributed by atoms with van der Waals surface area (Å²) in [5.41, 5.74) is 16.1. The summed E-state index contributed by atoms with van der Waals surface area (Å²) in [4.78, 5) is 7.26. The Morgan fingerprint density at radius 2 is 1.00 bits per heavy atom. The molecule has 0 radical (unpaired) electrons. The number of oxazole rings is 1. The fourth-order valence-electron chi connectivity index (χ4n) is 8.30. The van der Waals surface area contributed by atoms with Gasteiger partial charge in [0, 0.05) is 33.4 Å². The van der Waals surface area contributed by atoms with Gasteiger partial charge < -0.3 is 9.32 Å². The first-order valence-electron chi connectivity index (χ1n) is 18.2. The molecule has 0 saturated heterocycles. The number of para-hydroxylation sites is 1. The van der Waals surface area contributed by atoms with Crippen molar-refractivity contribution in [2.24, 2.45) is 0 Å². The van der Waals surface area contributed by atoms with Gasteiger partial charge in [0.25, 0.3) is 0 Å². The van der Waals surface area contributed by atoms with E-state index >= 15 is 0 Å². The number of benzene rings is 8. The van der Waals surface area contributed by atoms with Gasteiger partial charge in [-0.3, -0.25) is 0 Å². The minimum atomic E-state index is -0.0314. The number of nitrogens with zero attached hydrogens (tertiary/aromatic N) is 2. The van der Waals surface area contributed by atoms with Crippen molar-refractivity contribution in [3.05, 3.63) is 193 Å². The van der Waals surface area contributed by atoms with Gasteiger partial charge in [-0.2, -0.15) is 0 Å². The summed E-state index contributed by atoms with van der Waals surface area (Å²) in [5, 5.41) is 2.19. The second-order valence-electron chi connectivity index (χ2n) is 14.4. The molecule has 8 aromatic carbocycles. The van der Waals surface area contributed by atoms with Crippen molar-refractivity contribution < 1.29 is 4.42 Å². The zero-order valence-corrected chi connectivity index (χ0v) is 29.6. The maximum Gasteiger partial charge on any atom is 0.227 e. The summed E-state index contributed by atoms with van der Waals surface area (Å²) in [6.07, 6.45) is 0. The maximum atomic E-state index is 6.37. The van der Waals surface area contributed by atoms with Gasteiger partial charge in [0.1, 0.15) is 5.52 Å². The number of fused-ring (bicyclic) bond motifs is 6. The van der Waals surface area contributed by atoms with Crippen LogP contribution in [0.5, 0.6) is 0 Å². The highest BCUT2D eigenvalue weighted by Gasteiger charge is 2.36. The highest BCUT2D eigenvalue weighted by Crippen LogP contribution is 2.52. The van der Waals surface area contributed by atoms with Crippen LogP contribution >= 0.6 is 0 Å². The van der Waals surface area contributed by atoms with Gasteiger partial charge in [0.05, 0.1) is 0 Å². The first-order chi connectivity index (χ1) is 26.0. The molecule has 0 saturated carbocycles. The maximum absolute atomic E-state index is 6.37. The van der Waals surface area contributed by atoms with Gasteiger partial charge in [0.15, 0.2) is 5.58 Å². The molecule has 0 spiro atoms. The number of anilines is 3. The third kappa shape index (κ3) is 5.08. The molecule has 1 aliphatic rings. The molecule has 0 amide bonds. The molecule has 53 heavy (non-hydrogen) atoms. The smallest absolute Gasteiger partial charge is 0.227 e. The van der Waals surface area contributed by atoms with Gasteiger partial charge in [-0.25, -0.2) is 4.98 Å². The lowest BCUT2D eigenvalue weighted by Gasteiger charge is -2.26. The van der Waals surface area contributed by atoms with E-state index in [0.29, 0.717) is 5.89 Å². The van der Waals surface area contributed by atoms with E-state index in [1.54, 1.807) is 0 Å². The minimum Gasteiger partial charge on any atom is -0.435 e. The van der Waals surface area contributed by atoms with Crippen molar-refractivity contribution >= 4 is 38.9 Å². The molecule has 1 aromatic heterocycles. The van der Waals surface area contributed by atoms with E-state index in [4.69, 9.17) is 9.40 Å². The van der Waals surface area contributed by atoms with Crippen LogP contribution < -0.4 is 4.90 Å². The summed E-state index contributed by atoms with van der Waals surface area (Å²) < 4.78 is 6.37. The van der Waals surface area contributed by atoms with Crippen molar-refractivity contribution in [1.82, 2.24) is 4.98 Å². The summed E-state index contributed by atoms with van der Waals surface area (Å²) >= 11 is 0. The molecule has 1 heterocycles. The molecule has 9 aromatic rings. The summed E-state index contributed by atoms with van der Waals surface area (Å²) in [6, 6.07) is 64.9. The van der Waals surface area contributed by atoms with Gasteiger partial charge >= 0.3 is 0 Å². The Morgan fingerprint density at radius 3 is 1.72 bits per heavy atom. The highest BCUT2D eigenvalue weighted by atomic mass is 16.3. The first-order valence-corrected chi connectivity index (χ1v) is 18.2. The fourth-order valence-corrected chi connectivity index (χ4v) is 8.30. The van der Waals surface area contributed by atoms with E-state index in [2.05, 4.69) is 170 Å². The molecule has 10 rings (SSSR count). The SMILES string of the molecule is CC1(C)c2ccccc2-c2c(-c3ccc(N(c4ccccc4)c4ccc(-c5cc6nc(-c7ccccc7)oc6c6ccccc56)cc4)cc3)cccc21. The Labute approximate surface area is 309 Å². The number of rotatable bonds is 6. The number of hydrogen-bond acceptors (Lipinski definition) is 3. The van der Waals surface area contributed by atoms with Crippen LogP contribution in [0.1, 0.15) is 25.0 Å². The van der Waals surface area contributed by atoms with Crippen molar-refractivity contribution in [2.75, 3.05) is 4.90 Å². The van der Waals surface area contributed by atoms with E-state index < -0.39 is 0 Å². The zero-order chi connectivity index (χ0) is 35.5. The predicted octanol–water partition coefficient (Wildman–Crippen LogP) is 13.8. The van der Waals surface area contributed by atoms with Crippen LogP contribution in [0.3, 0.4) is 0 Å². The second-order valence-corrected chi connectivity index (χ2v) is 14.4. The van der Waals surface area contributed by atoms with Crippen molar-refractivity contribution in [1.29, 1.82) is 0 Å². The summed E-state index contributed by atoms with van der Waals surface area (Å²) in [7, 11) is 0. The quantitative estimate of drug-likeness (QED) is 0.175. The van der Waals surface area contributed by atoms with E-state index in [0.717, 1.165) is 55.6 Å². The lowest BCUT2D eigenvalue weighted by atomic mass is 9.82. The van der Waals surface area contributed by atoms with E-state index in [-0.39, 0.29) is 5.41 Å². The van der Waals surface area contributed by atoms with E-state index in [9.17, 15) is 0 Å². The van der Waals surface area contributed by atoms with Gasteiger partial charge in [0.2, 0.25) is 5.89 Å². The van der Waals surface area contributed by atoms with Crippen LogP contribution in [0.15, 0.2) is 186 Å². The lowest BCUT2D eigenvalue weighted by molar-refractivity contribution is 0.623. The molecular formula is C50H36N2O. The van der Waals surface area contributed by atoms with Gasteiger partial charge in [-0.1, -0.05) is 141 Å². The molecule has 3 nitrogen and oxygen atoms in total. The van der Waals surface area contributed by atoms with Crippen LogP contribution in [-0.2, 0) is 5.41 Å². The van der Waals surface area contributed by atoms with E-state index in [1.165, 1.54) is 33.4 Å². The Kier molecular flexibility index (Phi) is 7.16. The van der Waals surface area contributed by atoms with Gasteiger partial charge in [-0.05, 0) is 104 Å². The molecule has 0 bridgehead atoms. The molecular weight excluding hydrogens is 645 g/mol. The second kappa shape index (κ2) is 12.2. The van der Waals surface area contributed by atoms with E-state index in [1.807, 2.05) is 30.3 Å². The zero-order valence-electron chi connectivity index (χ0n) is 29.6. The van der Waals surface area contributed by atoms with Crippen LogP contribution in [-0.4, -0.2) is 4.98 Å².